The van der Waals surface area contributed by atoms with Gasteiger partial charge in [-0.15, -0.1) is 0 Å². The topological polar surface area (TPSA) is 46.9 Å². The van der Waals surface area contributed by atoms with Crippen molar-refractivity contribution in [2.45, 2.75) is 52.0 Å². The Kier molecular flexibility index (Phi) is 3.07. The number of nitrogens with one attached hydrogen (secondary N) is 1. The number of anilines is 1. The molecule has 2 aromatic rings. The highest BCUT2D eigenvalue weighted by molar-refractivity contribution is 5.96. The number of fused-ring (bicyclic) bond motifs is 1. The van der Waals surface area contributed by atoms with E-state index in [2.05, 4.69) is 27.9 Å². The van der Waals surface area contributed by atoms with Gasteiger partial charge in [-0.3, -0.25) is 10.1 Å². The van der Waals surface area contributed by atoms with Crippen molar-refractivity contribution in [1.29, 1.82) is 0 Å². The lowest BCUT2D eigenvalue weighted by Crippen LogP contribution is -2.52. The zero-order valence-corrected chi connectivity index (χ0v) is 14.3. The monoisotopic (exact) mass is 323 g/mol. The molecule has 1 N–H and O–H groups in total. The van der Waals surface area contributed by atoms with Crippen molar-refractivity contribution in [1.82, 2.24) is 9.55 Å². The lowest BCUT2D eigenvalue weighted by molar-refractivity contribution is -0.140. The Morgan fingerprint density at radius 1 is 1.17 bits per heavy atom. The first-order chi connectivity index (χ1) is 11.7. The van der Waals surface area contributed by atoms with Gasteiger partial charge < -0.3 is 4.57 Å². The van der Waals surface area contributed by atoms with E-state index in [0.29, 0.717) is 0 Å². The fourth-order valence-corrected chi connectivity index (χ4v) is 6.11. The number of benzene rings is 1. The highest BCUT2D eigenvalue weighted by Gasteiger charge is 2.54. The third-order valence-corrected chi connectivity index (χ3v) is 6.72. The molecule has 1 aromatic heterocycles. The van der Waals surface area contributed by atoms with Gasteiger partial charge in [0.25, 0.3) is 0 Å². The molecule has 6 rings (SSSR count). The van der Waals surface area contributed by atoms with Crippen molar-refractivity contribution in [3.63, 3.8) is 0 Å². The molecule has 0 aliphatic heterocycles. The maximum absolute atomic E-state index is 13.2. The Morgan fingerprint density at radius 2 is 1.79 bits per heavy atom. The second-order valence-electron chi connectivity index (χ2n) is 8.32. The number of aryl methyl sites for hydroxylation is 1. The average Bonchev–Trinajstić information content (AvgIpc) is 2.90. The molecule has 126 valence electrons. The lowest BCUT2D eigenvalue weighted by atomic mass is 9.49. The maximum Gasteiger partial charge on any atom is 0.232 e. The molecule has 1 aromatic carbocycles. The first kappa shape index (κ1) is 14.5. The smallest absolute Gasteiger partial charge is 0.232 e. The summed E-state index contributed by atoms with van der Waals surface area (Å²) in [5.74, 6) is 3.30. The molecule has 0 atom stereocenters. The van der Waals surface area contributed by atoms with Crippen LogP contribution in [0.2, 0.25) is 0 Å². The summed E-state index contributed by atoms with van der Waals surface area (Å²) in [6.45, 7) is 2.92. The normalized spacial score (nSPS) is 34.0. The van der Waals surface area contributed by atoms with Gasteiger partial charge in [-0.25, -0.2) is 4.98 Å². The quantitative estimate of drug-likeness (QED) is 0.919. The number of hydrogen-bond donors (Lipinski definition) is 1. The van der Waals surface area contributed by atoms with Gasteiger partial charge in [0.2, 0.25) is 11.9 Å². The maximum atomic E-state index is 13.2. The van der Waals surface area contributed by atoms with Gasteiger partial charge in [-0.05, 0) is 75.3 Å². The molecule has 0 radical (unpaired) electrons. The summed E-state index contributed by atoms with van der Waals surface area (Å²) in [5, 5.41) is 3.22. The third-order valence-electron chi connectivity index (χ3n) is 6.72. The van der Waals surface area contributed by atoms with E-state index in [-0.39, 0.29) is 11.3 Å². The molecular formula is C20H25N3O. The number of carbonyl (C=O) groups is 1. The third kappa shape index (κ3) is 2.04. The van der Waals surface area contributed by atoms with Gasteiger partial charge in [0.15, 0.2) is 0 Å². The number of imidazole rings is 1. The Morgan fingerprint density at radius 3 is 2.42 bits per heavy atom. The van der Waals surface area contributed by atoms with Crippen LogP contribution in [0.4, 0.5) is 5.95 Å². The highest BCUT2D eigenvalue weighted by atomic mass is 16.2. The molecule has 4 fully saturated rings. The second kappa shape index (κ2) is 5.08. The van der Waals surface area contributed by atoms with Gasteiger partial charge in [0.05, 0.1) is 16.4 Å². The van der Waals surface area contributed by atoms with Gasteiger partial charge >= 0.3 is 0 Å². The molecule has 4 heteroatoms. The predicted molar refractivity (Wildman–Crippen MR) is 94.6 cm³/mol. The van der Waals surface area contributed by atoms with Gasteiger partial charge in [0, 0.05) is 6.54 Å². The largest absolute Gasteiger partial charge is 0.310 e. The van der Waals surface area contributed by atoms with E-state index in [0.717, 1.165) is 60.5 Å². The van der Waals surface area contributed by atoms with E-state index in [1.54, 1.807) is 0 Å². The van der Waals surface area contributed by atoms with E-state index in [1.165, 1.54) is 19.3 Å². The van der Waals surface area contributed by atoms with E-state index in [1.807, 2.05) is 18.2 Å². The van der Waals surface area contributed by atoms with Crippen molar-refractivity contribution in [3.05, 3.63) is 24.3 Å². The second-order valence-corrected chi connectivity index (χ2v) is 8.32. The molecule has 4 saturated carbocycles. The van der Waals surface area contributed by atoms with Crippen LogP contribution in [0.5, 0.6) is 0 Å². The summed E-state index contributed by atoms with van der Waals surface area (Å²) in [7, 11) is 0. The summed E-state index contributed by atoms with van der Waals surface area (Å²) in [4.78, 5) is 17.9. The van der Waals surface area contributed by atoms with Crippen LogP contribution < -0.4 is 5.32 Å². The van der Waals surface area contributed by atoms with E-state index in [9.17, 15) is 4.79 Å². The van der Waals surface area contributed by atoms with Crippen molar-refractivity contribution in [3.8, 4) is 0 Å². The predicted octanol–water partition coefficient (Wildman–Crippen LogP) is 4.21. The molecule has 4 aliphatic rings. The molecule has 1 heterocycles. The van der Waals surface area contributed by atoms with Crippen LogP contribution in [0, 0.1) is 23.2 Å². The molecule has 1 amide bonds. The summed E-state index contributed by atoms with van der Waals surface area (Å²) in [6, 6.07) is 8.12. The zero-order chi connectivity index (χ0) is 16.3. The molecule has 4 nitrogen and oxygen atoms in total. The van der Waals surface area contributed by atoms with E-state index >= 15 is 0 Å². The number of amides is 1. The fourth-order valence-electron chi connectivity index (χ4n) is 6.11. The van der Waals surface area contributed by atoms with Gasteiger partial charge in [-0.1, -0.05) is 12.1 Å². The zero-order valence-electron chi connectivity index (χ0n) is 14.3. The van der Waals surface area contributed by atoms with Crippen LogP contribution in [0.3, 0.4) is 0 Å². The minimum atomic E-state index is -0.120. The van der Waals surface area contributed by atoms with Crippen molar-refractivity contribution in [2.24, 2.45) is 23.2 Å². The number of para-hydroxylation sites is 2. The lowest BCUT2D eigenvalue weighted by Gasteiger charge is -2.55. The van der Waals surface area contributed by atoms with Gasteiger partial charge in [0.1, 0.15) is 0 Å². The van der Waals surface area contributed by atoms with Crippen molar-refractivity contribution >= 4 is 22.9 Å². The number of aromatic nitrogens is 2. The summed E-state index contributed by atoms with van der Waals surface area (Å²) in [5.41, 5.74) is 1.94. The van der Waals surface area contributed by atoms with Gasteiger partial charge in [-0.2, -0.15) is 0 Å². The van der Waals surface area contributed by atoms with Crippen LogP contribution in [0.15, 0.2) is 24.3 Å². The molecular weight excluding hydrogens is 298 g/mol. The van der Waals surface area contributed by atoms with Crippen LogP contribution in [-0.2, 0) is 11.3 Å². The summed E-state index contributed by atoms with van der Waals surface area (Å²) in [6.07, 6.45) is 7.37. The average molecular weight is 323 g/mol. The number of rotatable bonds is 3. The van der Waals surface area contributed by atoms with Crippen molar-refractivity contribution in [2.75, 3.05) is 5.32 Å². The molecule has 24 heavy (non-hydrogen) atoms. The van der Waals surface area contributed by atoms with E-state index < -0.39 is 0 Å². The Bertz CT molecular complexity index is 771. The minimum absolute atomic E-state index is 0.120. The SMILES string of the molecule is CCn1c(NC(=O)C23CC4CC(CC(C4)C2)C3)nc2ccccc21. The summed E-state index contributed by atoms with van der Waals surface area (Å²) >= 11 is 0. The number of hydrogen-bond acceptors (Lipinski definition) is 2. The molecule has 0 saturated heterocycles. The van der Waals surface area contributed by atoms with Crippen LogP contribution in [0.25, 0.3) is 11.0 Å². The molecule has 4 aliphatic carbocycles. The van der Waals surface area contributed by atoms with E-state index in [4.69, 9.17) is 0 Å². The number of carbonyl (C=O) groups excluding carboxylic acids is 1. The Hall–Kier alpha value is -1.84. The first-order valence-electron chi connectivity index (χ1n) is 9.43. The Labute approximate surface area is 142 Å². The van der Waals surface area contributed by atoms with Crippen LogP contribution >= 0.6 is 0 Å². The number of nitrogens with zero attached hydrogens (tertiary/aromatic N) is 2. The molecule has 0 spiro atoms. The highest BCUT2D eigenvalue weighted by Crippen LogP contribution is 2.60. The van der Waals surface area contributed by atoms with Crippen molar-refractivity contribution < 1.29 is 4.79 Å². The van der Waals surface area contributed by atoms with Crippen LogP contribution in [0.1, 0.15) is 45.4 Å². The van der Waals surface area contributed by atoms with Crippen LogP contribution in [-0.4, -0.2) is 15.5 Å². The first-order valence-corrected chi connectivity index (χ1v) is 9.43. The Balaban J connectivity index is 1.47. The standard InChI is InChI=1S/C20H25N3O/c1-2-23-17-6-4-3-5-16(17)21-19(23)22-18(24)20-10-13-7-14(11-20)9-15(8-13)12-20/h3-6,13-15H,2,7-12H2,1H3,(H,21,22,24). The minimum Gasteiger partial charge on any atom is -0.310 e. The summed E-state index contributed by atoms with van der Waals surface area (Å²) < 4.78 is 2.12. The fraction of sp³-hybridized carbons (Fsp3) is 0.600. The molecule has 0 unspecified atom stereocenters. The molecule has 4 bridgehead atoms.